The van der Waals surface area contributed by atoms with Crippen molar-refractivity contribution in [2.75, 3.05) is 13.2 Å². The summed E-state index contributed by atoms with van der Waals surface area (Å²) in [6.07, 6.45) is 1.65. The van der Waals surface area contributed by atoms with Crippen LogP contribution in [0.3, 0.4) is 0 Å². The summed E-state index contributed by atoms with van der Waals surface area (Å²) in [7, 11) is 0. The van der Waals surface area contributed by atoms with Gasteiger partial charge in [-0.15, -0.1) is 0 Å². The number of nitrogens with zero attached hydrogens (tertiary/aromatic N) is 2. The Kier molecular flexibility index (Phi) is 5.99. The number of carbonyl (C=O) groups excluding carboxylic acids is 1. The SMILES string of the molecule is CCOc1cc(/C=C2/SC(=Nc3ccc(F)cc3F)N(CC)C2=O)ccc1O. The summed E-state index contributed by atoms with van der Waals surface area (Å²) in [6.45, 7) is 4.33. The molecular weight excluding hydrogens is 386 g/mol. The van der Waals surface area contributed by atoms with E-state index in [1.165, 1.54) is 17.0 Å². The predicted molar refractivity (Wildman–Crippen MR) is 106 cm³/mol. The van der Waals surface area contributed by atoms with Crippen LogP contribution < -0.4 is 4.74 Å². The van der Waals surface area contributed by atoms with Gasteiger partial charge in [-0.25, -0.2) is 13.8 Å². The Morgan fingerprint density at radius 2 is 2.00 bits per heavy atom. The normalized spacial score (nSPS) is 17.0. The van der Waals surface area contributed by atoms with Crippen molar-refractivity contribution in [1.82, 2.24) is 4.90 Å². The van der Waals surface area contributed by atoms with E-state index in [1.54, 1.807) is 32.1 Å². The summed E-state index contributed by atoms with van der Waals surface area (Å²) in [6, 6.07) is 7.87. The molecule has 28 heavy (non-hydrogen) atoms. The minimum atomic E-state index is -0.797. The van der Waals surface area contributed by atoms with Crippen molar-refractivity contribution in [3.05, 3.63) is 58.5 Å². The Morgan fingerprint density at radius 1 is 1.21 bits per heavy atom. The topological polar surface area (TPSA) is 62.1 Å². The first-order valence-corrected chi connectivity index (χ1v) is 9.45. The molecule has 1 heterocycles. The lowest BCUT2D eigenvalue weighted by molar-refractivity contribution is -0.122. The van der Waals surface area contributed by atoms with Gasteiger partial charge in [0.2, 0.25) is 0 Å². The Balaban J connectivity index is 1.94. The fourth-order valence-corrected chi connectivity index (χ4v) is 3.64. The van der Waals surface area contributed by atoms with Crippen LogP contribution in [0, 0.1) is 11.6 Å². The van der Waals surface area contributed by atoms with Crippen LogP contribution in [0.15, 0.2) is 46.3 Å². The molecular formula is C20H18F2N2O3S. The zero-order valence-electron chi connectivity index (χ0n) is 15.3. The Morgan fingerprint density at radius 3 is 2.68 bits per heavy atom. The number of phenols is 1. The number of amidine groups is 1. The lowest BCUT2D eigenvalue weighted by atomic mass is 10.2. The number of aromatic hydroxyl groups is 1. The average Bonchev–Trinajstić information content (AvgIpc) is 2.95. The first kappa shape index (κ1) is 19.9. The first-order valence-electron chi connectivity index (χ1n) is 8.64. The highest BCUT2D eigenvalue weighted by atomic mass is 32.2. The fraction of sp³-hybridized carbons (Fsp3) is 0.200. The van der Waals surface area contributed by atoms with Crippen molar-refractivity contribution in [2.24, 2.45) is 4.99 Å². The van der Waals surface area contributed by atoms with Crippen LogP contribution in [-0.4, -0.2) is 34.2 Å². The van der Waals surface area contributed by atoms with Crippen LogP contribution in [-0.2, 0) is 4.79 Å². The van der Waals surface area contributed by atoms with Crippen LogP contribution in [0.25, 0.3) is 6.08 Å². The van der Waals surface area contributed by atoms with Crippen LogP contribution >= 0.6 is 11.8 Å². The summed E-state index contributed by atoms with van der Waals surface area (Å²) in [4.78, 5) is 18.7. The third-order valence-electron chi connectivity index (χ3n) is 3.91. The number of likely N-dealkylation sites (N-methyl/N-ethyl adjacent to an activating group) is 1. The third kappa shape index (κ3) is 4.17. The van der Waals surface area contributed by atoms with Crippen LogP contribution in [0.2, 0.25) is 0 Å². The Labute approximate surface area is 165 Å². The second-order valence-corrected chi connectivity index (χ2v) is 6.82. The molecule has 2 aromatic rings. The van der Waals surface area contributed by atoms with E-state index in [0.717, 1.165) is 23.9 Å². The molecule has 2 aromatic carbocycles. The molecule has 146 valence electrons. The average molecular weight is 404 g/mol. The van der Waals surface area contributed by atoms with Crippen LogP contribution in [0.1, 0.15) is 19.4 Å². The maximum Gasteiger partial charge on any atom is 0.266 e. The zero-order valence-corrected chi connectivity index (χ0v) is 16.1. The molecule has 1 fully saturated rings. The molecule has 1 N–H and O–H groups in total. The summed E-state index contributed by atoms with van der Waals surface area (Å²) in [5.41, 5.74) is 0.627. The molecule has 1 amide bonds. The summed E-state index contributed by atoms with van der Waals surface area (Å²) in [5.74, 6) is -1.42. The number of halogens is 2. The van der Waals surface area contributed by atoms with Crippen LogP contribution in [0.4, 0.5) is 14.5 Å². The fourth-order valence-electron chi connectivity index (χ4n) is 2.59. The van der Waals surface area contributed by atoms with Gasteiger partial charge in [-0.1, -0.05) is 6.07 Å². The van der Waals surface area contributed by atoms with Crippen LogP contribution in [0.5, 0.6) is 11.5 Å². The molecule has 1 saturated heterocycles. The molecule has 1 aliphatic rings. The lowest BCUT2D eigenvalue weighted by Gasteiger charge is -2.12. The number of carbonyl (C=O) groups is 1. The highest BCUT2D eigenvalue weighted by Gasteiger charge is 2.32. The minimum Gasteiger partial charge on any atom is -0.504 e. The van der Waals surface area contributed by atoms with E-state index in [2.05, 4.69) is 4.99 Å². The van der Waals surface area contributed by atoms with Gasteiger partial charge >= 0.3 is 0 Å². The number of benzene rings is 2. The van der Waals surface area contributed by atoms with E-state index in [9.17, 15) is 18.7 Å². The molecule has 0 aromatic heterocycles. The van der Waals surface area contributed by atoms with Gasteiger partial charge in [-0.2, -0.15) is 0 Å². The Hall–Kier alpha value is -2.87. The van der Waals surface area contributed by atoms with Crippen molar-refractivity contribution in [2.45, 2.75) is 13.8 Å². The molecule has 5 nitrogen and oxygen atoms in total. The van der Waals surface area contributed by atoms with Gasteiger partial charge in [0.1, 0.15) is 11.5 Å². The van der Waals surface area contributed by atoms with E-state index in [-0.39, 0.29) is 17.3 Å². The maximum absolute atomic E-state index is 13.9. The minimum absolute atomic E-state index is 0.0126. The van der Waals surface area contributed by atoms with E-state index >= 15 is 0 Å². The summed E-state index contributed by atoms with van der Waals surface area (Å²) < 4.78 is 32.4. The van der Waals surface area contributed by atoms with Crippen molar-refractivity contribution in [3.63, 3.8) is 0 Å². The van der Waals surface area contributed by atoms with Gasteiger partial charge in [-0.3, -0.25) is 9.69 Å². The second-order valence-electron chi connectivity index (χ2n) is 5.81. The number of hydrogen-bond acceptors (Lipinski definition) is 5. The molecule has 0 atom stereocenters. The van der Waals surface area contributed by atoms with Gasteiger partial charge in [0.25, 0.3) is 5.91 Å². The van der Waals surface area contributed by atoms with E-state index in [1.807, 2.05) is 0 Å². The number of ether oxygens (including phenoxy) is 1. The van der Waals surface area contributed by atoms with Gasteiger partial charge < -0.3 is 9.84 Å². The van der Waals surface area contributed by atoms with E-state index in [4.69, 9.17) is 4.74 Å². The quantitative estimate of drug-likeness (QED) is 0.735. The second kappa shape index (κ2) is 8.43. The molecule has 0 spiro atoms. The van der Waals surface area contributed by atoms with Crippen molar-refractivity contribution >= 4 is 34.6 Å². The number of thioether (sulfide) groups is 1. The summed E-state index contributed by atoms with van der Waals surface area (Å²) >= 11 is 1.10. The van der Waals surface area contributed by atoms with Gasteiger partial charge in [0, 0.05) is 12.6 Å². The maximum atomic E-state index is 13.9. The molecule has 3 rings (SSSR count). The number of amides is 1. The number of aliphatic imine (C=N–C) groups is 1. The molecule has 0 radical (unpaired) electrons. The smallest absolute Gasteiger partial charge is 0.266 e. The van der Waals surface area contributed by atoms with E-state index in [0.29, 0.717) is 34.5 Å². The highest BCUT2D eigenvalue weighted by molar-refractivity contribution is 8.18. The Bertz CT molecular complexity index is 976. The number of hydrogen-bond donors (Lipinski definition) is 1. The predicted octanol–water partition coefficient (Wildman–Crippen LogP) is 4.69. The monoisotopic (exact) mass is 404 g/mol. The first-order chi connectivity index (χ1) is 13.4. The lowest BCUT2D eigenvalue weighted by Crippen LogP contribution is -2.28. The molecule has 1 aliphatic heterocycles. The number of phenolic OH excluding ortho intramolecular Hbond substituents is 1. The number of rotatable bonds is 5. The van der Waals surface area contributed by atoms with Gasteiger partial charge in [0.15, 0.2) is 22.5 Å². The zero-order chi connectivity index (χ0) is 20.3. The third-order valence-corrected chi connectivity index (χ3v) is 4.92. The molecule has 8 heteroatoms. The molecule has 0 aliphatic carbocycles. The summed E-state index contributed by atoms with van der Waals surface area (Å²) in [5, 5.41) is 10.1. The highest BCUT2D eigenvalue weighted by Crippen LogP contribution is 2.36. The molecule has 0 unspecified atom stereocenters. The van der Waals surface area contributed by atoms with Crippen molar-refractivity contribution in [1.29, 1.82) is 0 Å². The van der Waals surface area contributed by atoms with Gasteiger partial charge in [0.05, 0.1) is 11.5 Å². The van der Waals surface area contributed by atoms with Crippen molar-refractivity contribution < 1.29 is 23.4 Å². The van der Waals surface area contributed by atoms with Crippen molar-refractivity contribution in [3.8, 4) is 11.5 Å². The van der Waals surface area contributed by atoms with Gasteiger partial charge in [-0.05, 0) is 61.5 Å². The molecule has 0 bridgehead atoms. The molecule has 0 saturated carbocycles. The largest absolute Gasteiger partial charge is 0.504 e. The standard InChI is InChI=1S/C20H18F2N2O3S/c1-3-24-19(26)18(10-12-5-8-16(25)17(9-12)27-4-2)28-20(24)23-15-7-6-13(21)11-14(15)22/h5-11,25H,3-4H2,1-2H3/b18-10+,23-20?. The van der Waals surface area contributed by atoms with E-state index < -0.39 is 11.6 Å².